The molecule has 4 aliphatic rings. The number of nitrogens with two attached hydrogens (primary N) is 2. The zero-order chi connectivity index (χ0) is 45.6. The molecule has 1 saturated carbocycles. The van der Waals surface area contributed by atoms with Gasteiger partial charge >= 0.3 is 6.09 Å². The Morgan fingerprint density at radius 2 is 1.63 bits per heavy atom. The van der Waals surface area contributed by atoms with Crippen LogP contribution in [0.25, 0.3) is 0 Å². The molecule has 11 atom stereocenters. The molecule has 1 aliphatic carbocycles. The number of ketones is 2. The molecule has 14 nitrogen and oxygen atoms in total. The van der Waals surface area contributed by atoms with Crippen LogP contribution in [0.4, 0.5) is 4.79 Å². The third kappa shape index (κ3) is 15.2. The van der Waals surface area contributed by atoms with E-state index in [0.717, 1.165) is 24.8 Å². The standard InChI is InChI=1S/C48H77N3O11/c1-30-13-8-7-9-14-32(3)41(59-6)28-38-16-12-23-48(58,62-38)45(55)46(56)51-24-11-10-15-36(51)29-60-40(39(49)27-35-18-20-37(21-19-35)61-47(50)57)22-17-31(2)26-34(5)43(53)44(54)42(52)33(4)25-30/h7-9,13-14,26,30-31,33,35-41,43-44,53-54,58H,10-12,15-25,27-29,49H2,1-6H3,(H2,50,57)/b9-7+,13-8+,32-14+,34-26+/t30-,31+,33-,35-,36+,37-,38+,39-,40+,41+,43-,44+,48-/m1/s1. The molecule has 2 amide bonds. The number of allylic oxidation sites excluding steroid dienone is 6. The molecule has 0 aromatic carbocycles. The lowest BCUT2D eigenvalue weighted by molar-refractivity contribution is -0.245. The smallest absolute Gasteiger partial charge is 0.404 e. The third-order valence-electron chi connectivity index (χ3n) is 13.5. The monoisotopic (exact) mass is 872 g/mol. The summed E-state index contributed by atoms with van der Waals surface area (Å²) in [6.07, 6.45) is 15.3. The quantitative estimate of drug-likeness (QED) is 0.165. The maximum absolute atomic E-state index is 14.0. The highest BCUT2D eigenvalue weighted by Crippen LogP contribution is 2.34. The van der Waals surface area contributed by atoms with Crippen molar-refractivity contribution in [2.75, 3.05) is 20.3 Å². The summed E-state index contributed by atoms with van der Waals surface area (Å²) in [5, 5.41) is 33.8. The molecule has 350 valence electrons. The number of aliphatic hydroxyl groups is 3. The lowest BCUT2D eigenvalue weighted by Crippen LogP contribution is -2.57. The number of methoxy groups -OCH3 is 1. The molecule has 4 rings (SSSR count). The number of ether oxygens (including phenoxy) is 4. The summed E-state index contributed by atoms with van der Waals surface area (Å²) in [5.41, 5.74) is 13.6. The van der Waals surface area contributed by atoms with Gasteiger partial charge in [0.1, 0.15) is 18.3 Å². The number of aliphatic hydroxyl groups excluding tert-OH is 2. The minimum atomic E-state index is -2.25. The average molecular weight is 872 g/mol. The first kappa shape index (κ1) is 51.4. The van der Waals surface area contributed by atoms with E-state index in [2.05, 4.69) is 0 Å². The molecule has 3 aliphatic heterocycles. The largest absolute Gasteiger partial charge is 0.446 e. The molecule has 7 N–H and O–H groups in total. The minimum Gasteiger partial charge on any atom is -0.446 e. The highest BCUT2D eigenvalue weighted by molar-refractivity contribution is 6.38. The minimum absolute atomic E-state index is 0.0194. The zero-order valence-electron chi connectivity index (χ0n) is 38.1. The van der Waals surface area contributed by atoms with Crippen molar-refractivity contribution >= 4 is 23.6 Å². The van der Waals surface area contributed by atoms with Crippen molar-refractivity contribution in [2.45, 2.75) is 185 Å². The number of primary amides is 1. The number of nitrogens with zero attached hydrogens (tertiary/aromatic N) is 1. The number of carbonyl (C=O) groups is 4. The van der Waals surface area contributed by atoms with Gasteiger partial charge in [-0.25, -0.2) is 4.79 Å². The van der Waals surface area contributed by atoms with E-state index in [1.807, 2.05) is 57.2 Å². The van der Waals surface area contributed by atoms with Crippen molar-refractivity contribution in [3.05, 3.63) is 47.6 Å². The predicted molar refractivity (Wildman–Crippen MR) is 236 cm³/mol. The molecule has 3 fully saturated rings. The van der Waals surface area contributed by atoms with Crippen LogP contribution in [0.1, 0.15) is 131 Å². The van der Waals surface area contributed by atoms with Crippen molar-refractivity contribution in [2.24, 2.45) is 35.1 Å². The molecule has 62 heavy (non-hydrogen) atoms. The van der Waals surface area contributed by atoms with E-state index in [1.165, 1.54) is 4.90 Å². The van der Waals surface area contributed by atoms with Crippen molar-refractivity contribution < 1.29 is 53.4 Å². The molecule has 14 heteroatoms. The van der Waals surface area contributed by atoms with Crippen LogP contribution in [0.5, 0.6) is 0 Å². The van der Waals surface area contributed by atoms with Crippen LogP contribution in [0, 0.1) is 23.7 Å². The molecule has 0 aromatic heterocycles. The van der Waals surface area contributed by atoms with Gasteiger partial charge in [-0.1, -0.05) is 57.2 Å². The van der Waals surface area contributed by atoms with Crippen LogP contribution in [-0.4, -0.2) is 119 Å². The van der Waals surface area contributed by atoms with Gasteiger partial charge in [-0.2, -0.15) is 0 Å². The summed E-state index contributed by atoms with van der Waals surface area (Å²) in [7, 11) is 1.60. The maximum Gasteiger partial charge on any atom is 0.404 e. The summed E-state index contributed by atoms with van der Waals surface area (Å²) in [4.78, 5) is 54.1. The summed E-state index contributed by atoms with van der Waals surface area (Å²) in [5.74, 6) is -4.64. The van der Waals surface area contributed by atoms with Gasteiger partial charge in [0.15, 0.2) is 5.78 Å². The fourth-order valence-corrected chi connectivity index (χ4v) is 9.72. The number of amides is 2. The van der Waals surface area contributed by atoms with E-state index in [9.17, 15) is 34.5 Å². The van der Waals surface area contributed by atoms with E-state index < -0.39 is 65.7 Å². The number of hydrogen-bond donors (Lipinski definition) is 5. The zero-order valence-corrected chi connectivity index (χ0v) is 38.1. The van der Waals surface area contributed by atoms with Crippen molar-refractivity contribution in [3.8, 4) is 0 Å². The first-order valence-electron chi connectivity index (χ1n) is 23.1. The first-order chi connectivity index (χ1) is 29.4. The van der Waals surface area contributed by atoms with Crippen LogP contribution >= 0.6 is 0 Å². The molecule has 2 saturated heterocycles. The van der Waals surface area contributed by atoms with Gasteiger partial charge < -0.3 is 50.6 Å². The lowest BCUT2D eigenvalue weighted by Gasteiger charge is -2.40. The summed E-state index contributed by atoms with van der Waals surface area (Å²) < 4.78 is 23.8. The van der Waals surface area contributed by atoms with Crippen LogP contribution < -0.4 is 11.5 Å². The van der Waals surface area contributed by atoms with Gasteiger partial charge in [0, 0.05) is 38.5 Å². The summed E-state index contributed by atoms with van der Waals surface area (Å²) >= 11 is 0. The topological polar surface area (TPSA) is 221 Å². The van der Waals surface area contributed by atoms with Gasteiger partial charge in [0.25, 0.3) is 11.7 Å². The van der Waals surface area contributed by atoms with Gasteiger partial charge in [0.2, 0.25) is 5.79 Å². The fourth-order valence-electron chi connectivity index (χ4n) is 9.72. The van der Waals surface area contributed by atoms with E-state index in [4.69, 9.17) is 30.4 Å². The highest BCUT2D eigenvalue weighted by atomic mass is 16.6. The molecular weight excluding hydrogens is 795 g/mol. The van der Waals surface area contributed by atoms with Crippen LogP contribution in [0.2, 0.25) is 0 Å². The average Bonchev–Trinajstić information content (AvgIpc) is 3.24. The van der Waals surface area contributed by atoms with Crippen molar-refractivity contribution in [1.82, 2.24) is 4.90 Å². The SMILES string of the molecule is CO[C@H]1C[C@@H]2CCC[C@@](O)(O2)C(=O)C(=O)N2CCCC[C@H]2CO[C@H]([C@H](N)C[C@H]2CC[C@H](OC(N)=O)CC2)CC[C@H](C)/C=C(\C)[C@@H](O)[C@@H](O)C(=O)[C@H](C)C[C@H](C)/C=C/C=C/C=C/1C. The van der Waals surface area contributed by atoms with Gasteiger partial charge in [-0.05, 0) is 126 Å². The summed E-state index contributed by atoms with van der Waals surface area (Å²) in [6, 6.07) is -0.782. The second-order valence-electron chi connectivity index (χ2n) is 18.8. The molecular formula is C48H77N3O11. The first-order valence-corrected chi connectivity index (χ1v) is 23.1. The van der Waals surface area contributed by atoms with Crippen LogP contribution in [0.15, 0.2) is 47.6 Å². The molecule has 0 aromatic rings. The number of carbonyl (C=O) groups excluding carboxylic acids is 4. The lowest BCUT2D eigenvalue weighted by atomic mass is 9.82. The van der Waals surface area contributed by atoms with E-state index in [0.29, 0.717) is 82.7 Å². The normalized spacial score (nSPS) is 39.3. The Labute approximate surface area is 369 Å². The molecule has 0 radical (unpaired) electrons. The van der Waals surface area contributed by atoms with Gasteiger partial charge in [0.05, 0.1) is 31.0 Å². The number of Topliss-reactive ketones (excluding diaryl/α,β-unsaturated/α-hetero) is 2. The number of rotatable bonds is 5. The molecule has 2 bridgehead atoms. The Balaban J connectivity index is 1.59. The Morgan fingerprint density at radius 3 is 2.32 bits per heavy atom. The number of piperidine rings is 1. The second-order valence-corrected chi connectivity index (χ2v) is 18.8. The van der Waals surface area contributed by atoms with Gasteiger partial charge in [-0.3, -0.25) is 14.4 Å². The summed E-state index contributed by atoms with van der Waals surface area (Å²) in [6.45, 7) is 9.92. The van der Waals surface area contributed by atoms with Crippen molar-refractivity contribution in [3.63, 3.8) is 0 Å². The van der Waals surface area contributed by atoms with Crippen LogP contribution in [-0.2, 0) is 33.3 Å². The highest BCUT2D eigenvalue weighted by Gasteiger charge is 2.48. The van der Waals surface area contributed by atoms with E-state index in [1.54, 1.807) is 21.0 Å². The second kappa shape index (κ2) is 24.7. The third-order valence-corrected chi connectivity index (χ3v) is 13.5. The van der Waals surface area contributed by atoms with Crippen molar-refractivity contribution in [1.29, 1.82) is 0 Å². The van der Waals surface area contributed by atoms with Crippen LogP contribution in [0.3, 0.4) is 0 Å². The van der Waals surface area contributed by atoms with E-state index in [-0.39, 0.29) is 49.0 Å². The number of fused-ring (bicyclic) bond motifs is 3. The Bertz CT molecular complexity index is 1610. The Morgan fingerprint density at radius 1 is 0.903 bits per heavy atom. The van der Waals surface area contributed by atoms with E-state index >= 15 is 0 Å². The Kier molecular flexibility index (Phi) is 20.5. The maximum atomic E-state index is 14.0. The number of hydrogen-bond acceptors (Lipinski definition) is 12. The molecule has 3 heterocycles. The molecule has 0 unspecified atom stereocenters. The van der Waals surface area contributed by atoms with Gasteiger partial charge in [-0.15, -0.1) is 0 Å². The molecule has 0 spiro atoms. The fraction of sp³-hybridized carbons (Fsp3) is 0.750. The Hall–Kier alpha value is -3.24. The predicted octanol–water partition coefficient (Wildman–Crippen LogP) is 5.74.